The number of nitrogen functional groups attached to an aromatic ring is 1. The zero-order valence-electron chi connectivity index (χ0n) is 10.1. The number of halogens is 1. The minimum atomic E-state index is -0.552. The first kappa shape index (κ1) is 12.3. The average Bonchev–Trinajstić information content (AvgIpc) is 2.79. The smallest absolute Gasteiger partial charge is 0.239 e. The molecular formula is C11H14FN5O. The predicted octanol–water partition coefficient (Wildman–Crippen LogP) is 1.98. The van der Waals surface area contributed by atoms with Crippen molar-refractivity contribution in [3.05, 3.63) is 35.7 Å². The third kappa shape index (κ3) is 2.57. The van der Waals surface area contributed by atoms with Crippen LogP contribution < -0.4 is 16.6 Å². The van der Waals surface area contributed by atoms with Gasteiger partial charge in [-0.15, -0.1) is 0 Å². The number of aromatic nitrogens is 2. The fourth-order valence-corrected chi connectivity index (χ4v) is 1.50. The summed E-state index contributed by atoms with van der Waals surface area (Å²) in [6.07, 6.45) is 1.05. The summed E-state index contributed by atoms with van der Waals surface area (Å²) in [7, 11) is 0. The highest BCUT2D eigenvalue weighted by Crippen LogP contribution is 2.21. The summed E-state index contributed by atoms with van der Waals surface area (Å²) in [5.74, 6) is 6.33. The van der Waals surface area contributed by atoms with E-state index in [4.69, 9.17) is 10.3 Å². The van der Waals surface area contributed by atoms with Crippen molar-refractivity contribution in [1.29, 1.82) is 0 Å². The van der Waals surface area contributed by atoms with E-state index in [1.54, 1.807) is 0 Å². The molecule has 6 nitrogen and oxygen atoms in total. The van der Waals surface area contributed by atoms with Gasteiger partial charge in [-0.05, 0) is 26.0 Å². The van der Waals surface area contributed by atoms with Gasteiger partial charge in [-0.2, -0.15) is 4.98 Å². The lowest BCUT2D eigenvalue weighted by molar-refractivity contribution is 0.465. The van der Waals surface area contributed by atoms with Crippen molar-refractivity contribution in [2.75, 3.05) is 10.7 Å². The molecule has 0 aliphatic heterocycles. The molecule has 0 fully saturated rings. The van der Waals surface area contributed by atoms with Gasteiger partial charge in [0.1, 0.15) is 11.5 Å². The van der Waals surface area contributed by atoms with Gasteiger partial charge in [0.15, 0.2) is 11.6 Å². The fraction of sp³-hybridized carbons (Fsp3) is 0.273. The molecule has 0 saturated heterocycles. The third-order valence-electron chi connectivity index (χ3n) is 2.41. The minimum absolute atomic E-state index is 0.0690. The Bertz CT molecular complexity index is 542. The lowest BCUT2D eigenvalue weighted by Gasteiger charge is -2.13. The van der Waals surface area contributed by atoms with Crippen LogP contribution in [0.2, 0.25) is 0 Å². The molecule has 0 amide bonds. The van der Waals surface area contributed by atoms with Crippen LogP contribution in [0.15, 0.2) is 22.7 Å². The largest absolute Gasteiger partial charge is 0.464 e. The number of nitrogens with zero attached hydrogens (tertiary/aromatic N) is 2. The molecule has 4 N–H and O–H groups in total. The molecule has 2 aromatic heterocycles. The first-order chi connectivity index (χ1) is 8.60. The van der Waals surface area contributed by atoms with Crippen LogP contribution >= 0.6 is 0 Å². The minimum Gasteiger partial charge on any atom is -0.464 e. The fourth-order valence-electron chi connectivity index (χ4n) is 1.50. The highest BCUT2D eigenvalue weighted by atomic mass is 19.1. The Morgan fingerprint density at radius 3 is 2.83 bits per heavy atom. The number of aryl methyl sites for hydroxylation is 1. The van der Waals surface area contributed by atoms with E-state index in [1.165, 1.54) is 0 Å². The zero-order chi connectivity index (χ0) is 13.1. The lowest BCUT2D eigenvalue weighted by atomic mass is 10.2. The van der Waals surface area contributed by atoms with Crippen LogP contribution in [0.5, 0.6) is 0 Å². The van der Waals surface area contributed by atoms with Gasteiger partial charge in [-0.25, -0.2) is 15.2 Å². The van der Waals surface area contributed by atoms with Crippen LogP contribution in [-0.2, 0) is 0 Å². The van der Waals surface area contributed by atoms with Crippen LogP contribution in [0.25, 0.3) is 0 Å². The first-order valence-electron chi connectivity index (χ1n) is 5.42. The van der Waals surface area contributed by atoms with Gasteiger partial charge < -0.3 is 9.73 Å². The van der Waals surface area contributed by atoms with Crippen LogP contribution in [0.3, 0.4) is 0 Å². The second-order valence-corrected chi connectivity index (χ2v) is 3.85. The van der Waals surface area contributed by atoms with E-state index in [9.17, 15) is 4.39 Å². The molecule has 0 aliphatic carbocycles. The van der Waals surface area contributed by atoms with Crippen molar-refractivity contribution in [2.24, 2.45) is 5.84 Å². The van der Waals surface area contributed by atoms with Crippen LogP contribution in [0.1, 0.15) is 24.5 Å². The quantitative estimate of drug-likeness (QED) is 0.568. The molecule has 2 heterocycles. The zero-order valence-corrected chi connectivity index (χ0v) is 10.1. The number of hydrogen-bond donors (Lipinski definition) is 3. The van der Waals surface area contributed by atoms with Crippen LogP contribution in [0, 0.1) is 12.7 Å². The molecule has 0 saturated carbocycles. The summed E-state index contributed by atoms with van der Waals surface area (Å²) in [5.41, 5.74) is 2.26. The highest BCUT2D eigenvalue weighted by Gasteiger charge is 2.13. The molecular weight excluding hydrogens is 237 g/mol. The highest BCUT2D eigenvalue weighted by molar-refractivity contribution is 5.42. The molecule has 1 atom stereocenters. The summed E-state index contributed by atoms with van der Waals surface area (Å²) in [5, 5.41) is 2.90. The standard InChI is InChI=1S/C11H14FN5O/c1-6-3-4-9(18-6)7(2)15-10-8(12)5-14-11(16-10)17-13/h3-5,7H,13H2,1-2H3,(H2,14,15,16,17). The maximum absolute atomic E-state index is 13.5. The van der Waals surface area contributed by atoms with Crippen molar-refractivity contribution >= 4 is 11.8 Å². The van der Waals surface area contributed by atoms with Crippen molar-refractivity contribution in [2.45, 2.75) is 19.9 Å². The molecule has 2 rings (SSSR count). The average molecular weight is 251 g/mol. The molecule has 0 aromatic carbocycles. The predicted molar refractivity (Wildman–Crippen MR) is 65.3 cm³/mol. The molecule has 0 radical (unpaired) electrons. The van der Waals surface area contributed by atoms with Gasteiger partial charge >= 0.3 is 0 Å². The normalized spacial score (nSPS) is 12.2. The summed E-state index contributed by atoms with van der Waals surface area (Å²) in [6, 6.07) is 3.46. The maximum atomic E-state index is 13.5. The lowest BCUT2D eigenvalue weighted by Crippen LogP contribution is -2.14. The summed E-state index contributed by atoms with van der Waals surface area (Å²) in [4.78, 5) is 7.54. The number of rotatable bonds is 4. The Labute approximate surface area is 103 Å². The second kappa shape index (κ2) is 5.01. The molecule has 0 aliphatic rings. The molecule has 18 heavy (non-hydrogen) atoms. The van der Waals surface area contributed by atoms with Gasteiger partial charge in [0.05, 0.1) is 12.2 Å². The number of nitrogens with two attached hydrogens (primary N) is 1. The summed E-state index contributed by atoms with van der Waals surface area (Å²) >= 11 is 0. The summed E-state index contributed by atoms with van der Waals surface area (Å²) in [6.45, 7) is 3.69. The van der Waals surface area contributed by atoms with Crippen molar-refractivity contribution in [3.63, 3.8) is 0 Å². The number of furan rings is 1. The van der Waals surface area contributed by atoms with E-state index in [1.807, 2.05) is 26.0 Å². The Morgan fingerprint density at radius 2 is 2.22 bits per heavy atom. The Kier molecular flexibility index (Phi) is 3.42. The summed E-state index contributed by atoms with van der Waals surface area (Å²) < 4.78 is 18.9. The SMILES string of the molecule is Cc1ccc(C(C)Nc2nc(NN)ncc2F)o1. The van der Waals surface area contributed by atoms with Crippen molar-refractivity contribution in [1.82, 2.24) is 9.97 Å². The number of anilines is 2. The number of nitrogens with one attached hydrogen (secondary N) is 2. The van der Waals surface area contributed by atoms with Gasteiger partial charge in [-0.1, -0.05) is 0 Å². The third-order valence-corrected chi connectivity index (χ3v) is 2.41. The van der Waals surface area contributed by atoms with E-state index in [-0.39, 0.29) is 17.8 Å². The second-order valence-electron chi connectivity index (χ2n) is 3.85. The Hall–Kier alpha value is -2.15. The van der Waals surface area contributed by atoms with Gasteiger partial charge in [-0.3, -0.25) is 5.43 Å². The molecule has 96 valence electrons. The molecule has 0 bridgehead atoms. The van der Waals surface area contributed by atoms with E-state index in [2.05, 4.69) is 20.7 Å². The molecule has 2 aromatic rings. The Morgan fingerprint density at radius 1 is 1.44 bits per heavy atom. The number of hydrazine groups is 1. The number of hydrogen-bond acceptors (Lipinski definition) is 6. The van der Waals surface area contributed by atoms with E-state index in [0.717, 1.165) is 12.0 Å². The van der Waals surface area contributed by atoms with Crippen LogP contribution in [0.4, 0.5) is 16.2 Å². The van der Waals surface area contributed by atoms with Gasteiger partial charge in [0, 0.05) is 0 Å². The van der Waals surface area contributed by atoms with Crippen LogP contribution in [-0.4, -0.2) is 9.97 Å². The molecule has 7 heteroatoms. The maximum Gasteiger partial charge on any atom is 0.239 e. The van der Waals surface area contributed by atoms with E-state index >= 15 is 0 Å². The topological polar surface area (TPSA) is 89.0 Å². The molecule has 0 spiro atoms. The Balaban J connectivity index is 2.18. The van der Waals surface area contributed by atoms with E-state index < -0.39 is 5.82 Å². The van der Waals surface area contributed by atoms with Gasteiger partial charge in [0.2, 0.25) is 5.95 Å². The van der Waals surface area contributed by atoms with Crippen molar-refractivity contribution < 1.29 is 8.81 Å². The van der Waals surface area contributed by atoms with Gasteiger partial charge in [0.25, 0.3) is 0 Å². The van der Waals surface area contributed by atoms with Crippen molar-refractivity contribution in [3.8, 4) is 0 Å². The molecule has 1 unspecified atom stereocenters. The van der Waals surface area contributed by atoms with E-state index in [0.29, 0.717) is 5.76 Å². The monoisotopic (exact) mass is 251 g/mol. The first-order valence-corrected chi connectivity index (χ1v) is 5.42.